The Morgan fingerprint density at radius 1 is 1.47 bits per heavy atom. The van der Waals surface area contributed by atoms with Crippen LogP contribution in [0.3, 0.4) is 0 Å². The Bertz CT molecular complexity index is 629. The first kappa shape index (κ1) is 13.9. The lowest BCUT2D eigenvalue weighted by Crippen LogP contribution is -2.32. The fraction of sp³-hybridized carbons (Fsp3) is 0.417. The van der Waals surface area contributed by atoms with Crippen molar-refractivity contribution in [1.82, 2.24) is 4.31 Å². The van der Waals surface area contributed by atoms with E-state index < -0.39 is 15.8 Å². The van der Waals surface area contributed by atoms with E-state index in [2.05, 4.69) is 0 Å². The zero-order chi connectivity index (χ0) is 14.2. The first-order valence-corrected chi connectivity index (χ1v) is 7.25. The van der Waals surface area contributed by atoms with Crippen LogP contribution in [0.5, 0.6) is 0 Å². The Kier molecular flexibility index (Phi) is 3.58. The van der Waals surface area contributed by atoms with Crippen molar-refractivity contribution in [1.29, 1.82) is 5.26 Å². The molecule has 102 valence electrons. The monoisotopic (exact) mass is 283 g/mol. The lowest BCUT2D eigenvalue weighted by atomic mass is 10.1. The van der Waals surface area contributed by atoms with E-state index in [1.54, 1.807) is 6.07 Å². The van der Waals surface area contributed by atoms with Gasteiger partial charge in [0, 0.05) is 19.1 Å². The van der Waals surface area contributed by atoms with Gasteiger partial charge in [-0.3, -0.25) is 0 Å². The van der Waals surface area contributed by atoms with Gasteiger partial charge in [0.1, 0.15) is 11.9 Å². The Morgan fingerprint density at radius 2 is 2.16 bits per heavy atom. The molecular formula is C12H14FN3O2S. The van der Waals surface area contributed by atoms with Crippen LogP contribution < -0.4 is 5.73 Å². The molecule has 0 radical (unpaired) electrons. The molecule has 2 N–H and O–H groups in total. The molecule has 0 amide bonds. The van der Waals surface area contributed by atoms with Crippen LogP contribution >= 0.6 is 0 Å². The molecule has 1 aliphatic heterocycles. The van der Waals surface area contributed by atoms with Gasteiger partial charge in [0.05, 0.1) is 10.5 Å². The molecule has 1 aromatic rings. The summed E-state index contributed by atoms with van der Waals surface area (Å²) >= 11 is 0. The van der Waals surface area contributed by atoms with Crippen LogP contribution in [0.25, 0.3) is 0 Å². The predicted octanol–water partition coefficient (Wildman–Crippen LogP) is 0.665. The highest BCUT2D eigenvalue weighted by atomic mass is 32.2. The number of rotatable bonds is 2. The van der Waals surface area contributed by atoms with E-state index in [9.17, 15) is 12.8 Å². The molecule has 0 aromatic heterocycles. The summed E-state index contributed by atoms with van der Waals surface area (Å²) in [5, 5.41) is 8.74. The van der Waals surface area contributed by atoms with Gasteiger partial charge in [-0.1, -0.05) is 6.92 Å². The van der Waals surface area contributed by atoms with Gasteiger partial charge in [-0.05, 0) is 24.1 Å². The van der Waals surface area contributed by atoms with Gasteiger partial charge in [-0.25, -0.2) is 12.8 Å². The Labute approximate surface area is 111 Å². The van der Waals surface area contributed by atoms with Crippen LogP contribution in [0.2, 0.25) is 0 Å². The quantitative estimate of drug-likeness (QED) is 0.864. The Morgan fingerprint density at radius 3 is 2.68 bits per heavy atom. The number of nitrogens with zero attached hydrogens (tertiary/aromatic N) is 2. The third kappa shape index (κ3) is 2.47. The highest BCUT2D eigenvalue weighted by molar-refractivity contribution is 7.89. The van der Waals surface area contributed by atoms with Gasteiger partial charge in [0.2, 0.25) is 10.0 Å². The molecule has 0 bridgehead atoms. The fourth-order valence-corrected chi connectivity index (χ4v) is 3.65. The van der Waals surface area contributed by atoms with E-state index in [0.29, 0.717) is 6.54 Å². The van der Waals surface area contributed by atoms with Crippen LogP contribution in [0.1, 0.15) is 12.5 Å². The lowest BCUT2D eigenvalue weighted by Gasteiger charge is -2.16. The average Bonchev–Trinajstić information content (AvgIpc) is 2.70. The van der Waals surface area contributed by atoms with Crippen LogP contribution in [-0.2, 0) is 10.0 Å². The third-order valence-corrected chi connectivity index (χ3v) is 5.16. The second-order valence-electron chi connectivity index (χ2n) is 4.72. The van der Waals surface area contributed by atoms with Crippen molar-refractivity contribution in [2.75, 3.05) is 13.1 Å². The first-order chi connectivity index (χ1) is 8.86. The largest absolute Gasteiger partial charge is 0.326 e. The first-order valence-electron chi connectivity index (χ1n) is 5.81. The summed E-state index contributed by atoms with van der Waals surface area (Å²) in [6.45, 7) is 2.46. The molecule has 0 aliphatic carbocycles. The smallest absolute Gasteiger partial charge is 0.243 e. The maximum absolute atomic E-state index is 13.2. The molecule has 2 rings (SSSR count). The van der Waals surface area contributed by atoms with Gasteiger partial charge >= 0.3 is 0 Å². The number of sulfonamides is 1. The SMILES string of the molecule is CC1CN(S(=O)(=O)c2ccc(F)c(C#N)c2)CC1N. The number of halogens is 1. The van der Waals surface area contributed by atoms with Crippen molar-refractivity contribution in [3.05, 3.63) is 29.6 Å². The molecule has 2 atom stereocenters. The summed E-state index contributed by atoms with van der Waals surface area (Å²) in [5.41, 5.74) is 5.53. The summed E-state index contributed by atoms with van der Waals surface area (Å²) in [4.78, 5) is -0.0771. The third-order valence-electron chi connectivity index (χ3n) is 3.33. The fourth-order valence-electron chi connectivity index (χ4n) is 2.04. The molecule has 19 heavy (non-hydrogen) atoms. The minimum atomic E-state index is -3.72. The second-order valence-corrected chi connectivity index (χ2v) is 6.65. The van der Waals surface area contributed by atoms with E-state index in [1.165, 1.54) is 10.4 Å². The van der Waals surface area contributed by atoms with Gasteiger partial charge in [0.25, 0.3) is 0 Å². The topological polar surface area (TPSA) is 87.2 Å². The number of nitrogens with two attached hydrogens (primary N) is 1. The molecule has 1 heterocycles. The van der Waals surface area contributed by atoms with Gasteiger partial charge in [0.15, 0.2) is 0 Å². The molecule has 0 saturated carbocycles. The van der Waals surface area contributed by atoms with Crippen molar-refractivity contribution >= 4 is 10.0 Å². The zero-order valence-electron chi connectivity index (χ0n) is 10.4. The maximum atomic E-state index is 13.2. The number of nitriles is 1. The summed E-state index contributed by atoms with van der Waals surface area (Å²) in [6, 6.07) is 4.64. The molecular weight excluding hydrogens is 269 g/mol. The van der Waals surface area contributed by atoms with E-state index in [1.807, 2.05) is 6.92 Å². The molecule has 1 aliphatic rings. The average molecular weight is 283 g/mol. The van der Waals surface area contributed by atoms with Gasteiger partial charge in [-0.15, -0.1) is 0 Å². The van der Waals surface area contributed by atoms with Crippen LogP contribution in [-0.4, -0.2) is 31.9 Å². The molecule has 2 unspecified atom stereocenters. The van der Waals surface area contributed by atoms with Gasteiger partial charge < -0.3 is 5.73 Å². The Hall–Kier alpha value is -1.49. The highest BCUT2D eigenvalue weighted by Crippen LogP contribution is 2.24. The number of benzene rings is 1. The summed E-state index contributed by atoms with van der Waals surface area (Å²) in [5.74, 6) is -0.654. The molecule has 5 nitrogen and oxygen atoms in total. The van der Waals surface area contributed by atoms with Crippen molar-refractivity contribution in [2.45, 2.75) is 17.9 Å². The molecule has 1 fully saturated rings. The summed E-state index contributed by atoms with van der Waals surface area (Å²) < 4.78 is 39.2. The zero-order valence-corrected chi connectivity index (χ0v) is 11.2. The maximum Gasteiger partial charge on any atom is 0.243 e. The highest BCUT2D eigenvalue weighted by Gasteiger charge is 2.35. The minimum absolute atomic E-state index is 0.0747. The van der Waals surface area contributed by atoms with Crippen LogP contribution in [0, 0.1) is 23.1 Å². The minimum Gasteiger partial charge on any atom is -0.326 e. The standard InChI is InChI=1S/C12H14FN3O2S/c1-8-6-16(7-12(8)15)19(17,18)10-2-3-11(13)9(4-10)5-14/h2-4,8,12H,6-7,15H2,1H3. The van der Waals surface area contributed by atoms with Crippen molar-refractivity contribution < 1.29 is 12.8 Å². The predicted molar refractivity (Wildman–Crippen MR) is 67.0 cm³/mol. The van der Waals surface area contributed by atoms with Crippen LogP contribution in [0.4, 0.5) is 4.39 Å². The van der Waals surface area contributed by atoms with E-state index in [-0.39, 0.29) is 29.0 Å². The second kappa shape index (κ2) is 4.89. The molecule has 1 saturated heterocycles. The number of hydrogen-bond acceptors (Lipinski definition) is 4. The molecule has 0 spiro atoms. The number of hydrogen-bond donors (Lipinski definition) is 1. The normalized spacial score (nSPS) is 24.3. The summed E-state index contributed by atoms with van der Waals surface area (Å²) in [7, 11) is -3.72. The van der Waals surface area contributed by atoms with Crippen molar-refractivity contribution in [3.8, 4) is 6.07 Å². The van der Waals surface area contributed by atoms with Gasteiger partial charge in [-0.2, -0.15) is 9.57 Å². The lowest BCUT2D eigenvalue weighted by molar-refractivity contribution is 0.464. The summed E-state index contributed by atoms with van der Waals surface area (Å²) in [6.07, 6.45) is 0. The van der Waals surface area contributed by atoms with E-state index >= 15 is 0 Å². The van der Waals surface area contributed by atoms with E-state index in [0.717, 1.165) is 12.1 Å². The Balaban J connectivity index is 2.38. The van der Waals surface area contributed by atoms with Crippen molar-refractivity contribution in [3.63, 3.8) is 0 Å². The van der Waals surface area contributed by atoms with Crippen LogP contribution in [0.15, 0.2) is 23.1 Å². The van der Waals surface area contributed by atoms with E-state index in [4.69, 9.17) is 11.0 Å². The molecule has 7 heteroatoms. The van der Waals surface area contributed by atoms with Crippen molar-refractivity contribution in [2.24, 2.45) is 11.7 Å². The molecule has 1 aromatic carbocycles.